The van der Waals surface area contributed by atoms with Crippen LogP contribution in [0.25, 0.3) is 0 Å². The molecule has 1 aromatic carbocycles. The molecule has 0 spiro atoms. The van der Waals surface area contributed by atoms with Gasteiger partial charge in [0.1, 0.15) is 5.82 Å². The van der Waals surface area contributed by atoms with Gasteiger partial charge in [0.05, 0.1) is 10.8 Å². The molecule has 1 aromatic rings. The van der Waals surface area contributed by atoms with E-state index in [2.05, 4.69) is 5.32 Å². The standard InChI is InChI=1S/C16H22FN3O3S.ClH/c17-14-3-5-15(6-4-14)24(22,23)20-10-8-19(9-11-20)16(21)13-2-1-7-18-12-13;/h3-6,13,18H,1-2,7-12H2;1H. The highest BCUT2D eigenvalue weighted by Gasteiger charge is 2.32. The largest absolute Gasteiger partial charge is 0.340 e. The number of sulfonamides is 1. The third kappa shape index (κ3) is 4.49. The first-order valence-electron chi connectivity index (χ1n) is 8.24. The van der Waals surface area contributed by atoms with Gasteiger partial charge >= 0.3 is 0 Å². The van der Waals surface area contributed by atoms with E-state index >= 15 is 0 Å². The zero-order chi connectivity index (χ0) is 17.2. The number of carbonyl (C=O) groups excluding carboxylic acids is 1. The number of amides is 1. The highest BCUT2D eigenvalue weighted by Crippen LogP contribution is 2.20. The predicted octanol–water partition coefficient (Wildman–Crippen LogP) is 1.08. The van der Waals surface area contributed by atoms with Crippen LogP contribution in [0.15, 0.2) is 29.2 Å². The topological polar surface area (TPSA) is 69.7 Å². The number of nitrogens with zero attached hydrogens (tertiary/aromatic N) is 2. The SMILES string of the molecule is Cl.O=C(C1CCCNC1)N1CCN(S(=O)(=O)c2ccc(F)cc2)CC1. The summed E-state index contributed by atoms with van der Waals surface area (Å²) in [5.74, 6) is -0.356. The van der Waals surface area contributed by atoms with Gasteiger partial charge in [0.15, 0.2) is 0 Å². The molecule has 6 nitrogen and oxygen atoms in total. The van der Waals surface area contributed by atoms with Gasteiger partial charge < -0.3 is 10.2 Å². The summed E-state index contributed by atoms with van der Waals surface area (Å²) >= 11 is 0. The Bertz CT molecular complexity index is 685. The van der Waals surface area contributed by atoms with Crippen LogP contribution >= 0.6 is 12.4 Å². The number of piperidine rings is 1. The van der Waals surface area contributed by atoms with Crippen LogP contribution in [0.3, 0.4) is 0 Å². The number of carbonyl (C=O) groups is 1. The molecular formula is C16H23ClFN3O3S. The van der Waals surface area contributed by atoms with Crippen LogP contribution in [0.5, 0.6) is 0 Å². The molecule has 1 unspecified atom stereocenters. The van der Waals surface area contributed by atoms with Crippen molar-refractivity contribution in [1.29, 1.82) is 0 Å². The second-order valence-corrected chi connectivity index (χ2v) is 8.16. The maximum Gasteiger partial charge on any atom is 0.243 e. The van der Waals surface area contributed by atoms with E-state index in [9.17, 15) is 17.6 Å². The highest BCUT2D eigenvalue weighted by molar-refractivity contribution is 7.89. The summed E-state index contributed by atoms with van der Waals surface area (Å²) in [4.78, 5) is 14.3. The van der Waals surface area contributed by atoms with E-state index in [1.54, 1.807) is 4.90 Å². The van der Waals surface area contributed by atoms with E-state index in [1.165, 1.54) is 16.4 Å². The average Bonchev–Trinajstić information content (AvgIpc) is 2.62. The number of hydrogen-bond donors (Lipinski definition) is 1. The highest BCUT2D eigenvalue weighted by atomic mass is 35.5. The van der Waals surface area contributed by atoms with Gasteiger partial charge in [0, 0.05) is 32.7 Å². The molecule has 9 heteroatoms. The number of nitrogens with one attached hydrogen (secondary N) is 1. The van der Waals surface area contributed by atoms with Gasteiger partial charge in [-0.05, 0) is 43.7 Å². The van der Waals surface area contributed by atoms with Gasteiger partial charge in [-0.1, -0.05) is 0 Å². The Morgan fingerprint density at radius 3 is 2.32 bits per heavy atom. The molecule has 2 saturated heterocycles. The first-order chi connectivity index (χ1) is 11.5. The lowest BCUT2D eigenvalue weighted by molar-refractivity contribution is -0.137. The summed E-state index contributed by atoms with van der Waals surface area (Å²) in [7, 11) is -3.64. The minimum Gasteiger partial charge on any atom is -0.340 e. The van der Waals surface area contributed by atoms with E-state index in [-0.39, 0.29) is 42.2 Å². The molecule has 2 heterocycles. The molecule has 3 rings (SSSR count). The molecule has 2 aliphatic heterocycles. The van der Waals surface area contributed by atoms with Crippen molar-refractivity contribution in [2.45, 2.75) is 17.7 Å². The van der Waals surface area contributed by atoms with Crippen LogP contribution in [0.4, 0.5) is 4.39 Å². The van der Waals surface area contributed by atoms with E-state index in [1.807, 2.05) is 0 Å². The normalized spacial score (nSPS) is 22.3. The van der Waals surface area contributed by atoms with Gasteiger partial charge in [-0.15, -0.1) is 12.4 Å². The molecule has 25 heavy (non-hydrogen) atoms. The number of piperazine rings is 1. The van der Waals surface area contributed by atoms with Crippen molar-refractivity contribution in [2.24, 2.45) is 5.92 Å². The van der Waals surface area contributed by atoms with E-state index in [0.717, 1.165) is 31.5 Å². The molecule has 0 aromatic heterocycles. The lowest BCUT2D eigenvalue weighted by atomic mass is 9.98. The monoisotopic (exact) mass is 391 g/mol. The number of benzene rings is 1. The Hall–Kier alpha value is -1.22. The molecule has 0 aliphatic carbocycles. The molecule has 1 amide bonds. The Morgan fingerprint density at radius 2 is 1.76 bits per heavy atom. The molecule has 140 valence electrons. The molecule has 0 radical (unpaired) electrons. The van der Waals surface area contributed by atoms with Crippen molar-refractivity contribution in [1.82, 2.24) is 14.5 Å². The Kier molecular flexibility index (Phi) is 6.79. The van der Waals surface area contributed by atoms with E-state index in [4.69, 9.17) is 0 Å². The predicted molar refractivity (Wildman–Crippen MR) is 94.6 cm³/mol. The Morgan fingerprint density at radius 1 is 1.12 bits per heavy atom. The molecule has 2 aliphatic rings. The zero-order valence-electron chi connectivity index (χ0n) is 13.9. The number of hydrogen-bond acceptors (Lipinski definition) is 4. The Balaban J connectivity index is 0.00000225. The van der Waals surface area contributed by atoms with Crippen molar-refractivity contribution in [2.75, 3.05) is 39.3 Å². The maximum atomic E-state index is 13.0. The number of halogens is 2. The van der Waals surface area contributed by atoms with E-state index in [0.29, 0.717) is 19.6 Å². The summed E-state index contributed by atoms with van der Waals surface area (Å²) in [6.45, 7) is 2.99. The van der Waals surface area contributed by atoms with Crippen molar-refractivity contribution in [3.63, 3.8) is 0 Å². The summed E-state index contributed by atoms with van der Waals surface area (Å²) < 4.78 is 39.5. The van der Waals surface area contributed by atoms with Crippen LogP contribution in [0.1, 0.15) is 12.8 Å². The van der Waals surface area contributed by atoms with Crippen molar-refractivity contribution >= 4 is 28.3 Å². The van der Waals surface area contributed by atoms with Gasteiger partial charge in [-0.25, -0.2) is 12.8 Å². The lowest BCUT2D eigenvalue weighted by Gasteiger charge is -2.36. The third-order valence-corrected chi connectivity index (χ3v) is 6.56. The van der Waals surface area contributed by atoms with Crippen molar-refractivity contribution in [3.05, 3.63) is 30.1 Å². The van der Waals surface area contributed by atoms with Gasteiger partial charge in [0.2, 0.25) is 15.9 Å². The molecule has 1 atom stereocenters. The summed E-state index contributed by atoms with van der Waals surface area (Å²) in [5.41, 5.74) is 0. The van der Waals surface area contributed by atoms with Gasteiger partial charge in [-0.2, -0.15) is 4.31 Å². The van der Waals surface area contributed by atoms with Crippen LogP contribution in [-0.2, 0) is 14.8 Å². The fourth-order valence-corrected chi connectivity index (χ4v) is 4.65. The smallest absolute Gasteiger partial charge is 0.243 e. The molecular weight excluding hydrogens is 369 g/mol. The minimum atomic E-state index is -3.64. The first kappa shape index (κ1) is 20.1. The minimum absolute atomic E-state index is 0. The maximum absolute atomic E-state index is 13.0. The fraction of sp³-hybridized carbons (Fsp3) is 0.562. The number of rotatable bonds is 3. The van der Waals surface area contributed by atoms with Crippen molar-refractivity contribution < 1.29 is 17.6 Å². The third-order valence-electron chi connectivity index (χ3n) is 4.65. The first-order valence-corrected chi connectivity index (χ1v) is 9.68. The molecule has 1 N–H and O–H groups in total. The Labute approximate surface area is 153 Å². The fourth-order valence-electron chi connectivity index (χ4n) is 3.23. The molecule has 0 bridgehead atoms. The van der Waals surface area contributed by atoms with Crippen LogP contribution in [-0.4, -0.2) is 62.8 Å². The average molecular weight is 392 g/mol. The lowest BCUT2D eigenvalue weighted by Crippen LogP contribution is -2.53. The van der Waals surface area contributed by atoms with Crippen LogP contribution < -0.4 is 5.32 Å². The zero-order valence-corrected chi connectivity index (χ0v) is 15.5. The van der Waals surface area contributed by atoms with Crippen molar-refractivity contribution in [3.8, 4) is 0 Å². The van der Waals surface area contributed by atoms with Gasteiger partial charge in [-0.3, -0.25) is 4.79 Å². The molecule has 0 saturated carbocycles. The second kappa shape index (κ2) is 8.44. The quantitative estimate of drug-likeness (QED) is 0.837. The summed E-state index contributed by atoms with van der Waals surface area (Å²) in [6, 6.07) is 4.83. The summed E-state index contributed by atoms with van der Waals surface area (Å²) in [5, 5.41) is 3.23. The molecule has 2 fully saturated rings. The summed E-state index contributed by atoms with van der Waals surface area (Å²) in [6.07, 6.45) is 1.88. The second-order valence-electron chi connectivity index (χ2n) is 6.23. The van der Waals surface area contributed by atoms with Crippen LogP contribution in [0.2, 0.25) is 0 Å². The van der Waals surface area contributed by atoms with Crippen LogP contribution in [0, 0.1) is 11.7 Å². The van der Waals surface area contributed by atoms with Gasteiger partial charge in [0.25, 0.3) is 0 Å². The van der Waals surface area contributed by atoms with E-state index < -0.39 is 15.8 Å².